The first-order valence-corrected chi connectivity index (χ1v) is 8.82. The third-order valence-electron chi connectivity index (χ3n) is 4.14. The molecule has 1 unspecified atom stereocenters. The van der Waals surface area contributed by atoms with E-state index in [2.05, 4.69) is 23.4 Å². The van der Waals surface area contributed by atoms with E-state index in [1.54, 1.807) is 48.6 Å². The molecule has 0 aliphatic rings. The largest absolute Gasteiger partial charge is 0.507 e. The molecule has 0 aliphatic heterocycles. The topological polar surface area (TPSA) is 114 Å². The van der Waals surface area contributed by atoms with E-state index in [-0.39, 0.29) is 24.0 Å². The van der Waals surface area contributed by atoms with Crippen LogP contribution in [-0.4, -0.2) is 29.4 Å². The minimum absolute atomic E-state index is 0.0922. The van der Waals surface area contributed by atoms with Crippen LogP contribution >= 0.6 is 0 Å². The zero-order valence-electron chi connectivity index (χ0n) is 15.9. The van der Waals surface area contributed by atoms with Gasteiger partial charge in [0.2, 0.25) is 0 Å². The van der Waals surface area contributed by atoms with E-state index in [4.69, 9.17) is 15.7 Å². The number of nitrogens with one attached hydrogen (secondary N) is 1. The fraction of sp³-hybridized carbons (Fsp3) is 0.136. The van der Waals surface area contributed by atoms with Crippen molar-refractivity contribution < 1.29 is 24.8 Å². The van der Waals surface area contributed by atoms with Crippen molar-refractivity contribution in [2.24, 2.45) is 5.73 Å². The number of phenols is 1. The fourth-order valence-electron chi connectivity index (χ4n) is 2.55. The monoisotopic (exact) mass is 396 g/mol. The molecule has 2 aromatic rings. The molecule has 2 rings (SSSR count). The molecule has 5 N–H and O–H groups in total. The third kappa shape index (κ3) is 6.24. The number of aromatic hydroxyl groups is 1. The van der Waals surface area contributed by atoms with Crippen LogP contribution in [0.2, 0.25) is 0 Å². The third-order valence-corrected chi connectivity index (χ3v) is 4.14. The Labute approximate surface area is 169 Å². The molecule has 152 valence electrons. The van der Waals surface area contributed by atoms with Crippen LogP contribution in [0.1, 0.15) is 17.2 Å². The van der Waals surface area contributed by atoms with Crippen LogP contribution in [0.25, 0.3) is 0 Å². The van der Waals surface area contributed by atoms with Crippen LogP contribution in [0.4, 0.5) is 0 Å². The van der Waals surface area contributed by atoms with Crippen LogP contribution in [-0.2, 0) is 4.79 Å². The van der Waals surface area contributed by atoms with Gasteiger partial charge in [0.1, 0.15) is 11.5 Å². The first-order chi connectivity index (χ1) is 14.0. The lowest BCUT2D eigenvalue weighted by atomic mass is 9.98. The number of carbonyl (C=O) groups excluding carboxylic acids is 1. The van der Waals surface area contributed by atoms with Crippen LogP contribution in [0.15, 0.2) is 79.4 Å². The predicted molar refractivity (Wildman–Crippen MR) is 111 cm³/mol. The Bertz CT molecular complexity index is 891. The van der Waals surface area contributed by atoms with Crippen LogP contribution < -0.4 is 20.7 Å². The zero-order valence-corrected chi connectivity index (χ0v) is 15.9. The average molecular weight is 396 g/mol. The van der Waals surface area contributed by atoms with Crippen molar-refractivity contribution in [3.8, 4) is 17.2 Å². The highest BCUT2D eigenvalue weighted by atomic mass is 17.1. The maximum atomic E-state index is 11.9. The van der Waals surface area contributed by atoms with Gasteiger partial charge < -0.3 is 25.8 Å². The highest BCUT2D eigenvalue weighted by molar-refractivity contribution is 5.77. The summed E-state index contributed by atoms with van der Waals surface area (Å²) in [6, 6.07) is 10.6. The molecule has 0 saturated heterocycles. The van der Waals surface area contributed by atoms with Crippen molar-refractivity contribution in [3.05, 3.63) is 90.6 Å². The SMILES string of the molecule is C=C/C=C(\C=C)CNC(=O)COc1ccc(C(N)c2ccc(OO)cc2O)cc1. The summed E-state index contributed by atoms with van der Waals surface area (Å²) in [6.07, 6.45) is 5.03. The number of carbonyl (C=O) groups is 1. The Morgan fingerprint density at radius 3 is 2.45 bits per heavy atom. The molecule has 0 saturated carbocycles. The van der Waals surface area contributed by atoms with Gasteiger partial charge in [-0.25, -0.2) is 5.26 Å². The highest BCUT2D eigenvalue weighted by Crippen LogP contribution is 2.31. The van der Waals surface area contributed by atoms with Crippen molar-refractivity contribution in [3.63, 3.8) is 0 Å². The summed E-state index contributed by atoms with van der Waals surface area (Å²) in [4.78, 5) is 16.0. The number of hydrogen-bond acceptors (Lipinski definition) is 6. The summed E-state index contributed by atoms with van der Waals surface area (Å²) in [6.45, 7) is 7.48. The minimum atomic E-state index is -0.589. The molecule has 0 radical (unpaired) electrons. The van der Waals surface area contributed by atoms with Gasteiger partial charge in [-0.05, 0) is 35.4 Å². The molecule has 2 aromatic carbocycles. The normalized spacial score (nSPS) is 12.0. The molecule has 0 bridgehead atoms. The number of allylic oxidation sites excluding steroid dienone is 2. The minimum Gasteiger partial charge on any atom is -0.507 e. The van der Waals surface area contributed by atoms with E-state index in [1.807, 2.05) is 0 Å². The Hall–Kier alpha value is -3.55. The van der Waals surface area contributed by atoms with Gasteiger partial charge in [0.05, 0.1) is 6.04 Å². The molecule has 29 heavy (non-hydrogen) atoms. The standard InChI is InChI=1S/C22H24N2O5/c1-3-5-15(4-2)13-24-21(26)14-28-17-8-6-16(7-9-17)22(23)19-11-10-18(29-27)12-20(19)25/h3-12,22,25,27H,1-2,13-14,23H2,(H,24,26)/b15-5+. The lowest BCUT2D eigenvalue weighted by Gasteiger charge is -2.15. The first kappa shape index (κ1) is 21.7. The molecule has 1 atom stereocenters. The van der Waals surface area contributed by atoms with Crippen molar-refractivity contribution in [2.45, 2.75) is 6.04 Å². The van der Waals surface area contributed by atoms with Gasteiger partial charge in [-0.3, -0.25) is 4.79 Å². The number of benzene rings is 2. The van der Waals surface area contributed by atoms with E-state index < -0.39 is 6.04 Å². The predicted octanol–water partition coefficient (Wildman–Crippen LogP) is 3.09. The number of hydrogen-bond donors (Lipinski definition) is 4. The van der Waals surface area contributed by atoms with Gasteiger partial charge in [0, 0.05) is 18.2 Å². The molecular weight excluding hydrogens is 372 g/mol. The first-order valence-electron chi connectivity index (χ1n) is 8.82. The van der Waals surface area contributed by atoms with Crippen molar-refractivity contribution >= 4 is 5.91 Å². The van der Waals surface area contributed by atoms with Crippen LogP contribution in [0.5, 0.6) is 17.2 Å². The average Bonchev–Trinajstić information content (AvgIpc) is 2.74. The summed E-state index contributed by atoms with van der Waals surface area (Å²) in [5.41, 5.74) is 8.25. The Morgan fingerprint density at radius 1 is 1.17 bits per heavy atom. The Morgan fingerprint density at radius 2 is 1.86 bits per heavy atom. The molecule has 1 amide bonds. The molecule has 0 aliphatic carbocycles. The van der Waals surface area contributed by atoms with E-state index in [0.717, 1.165) is 11.1 Å². The molecule has 7 nitrogen and oxygen atoms in total. The summed E-state index contributed by atoms with van der Waals surface area (Å²) in [5.74, 6) is 0.264. The van der Waals surface area contributed by atoms with Crippen LogP contribution in [0, 0.1) is 0 Å². The highest BCUT2D eigenvalue weighted by Gasteiger charge is 2.14. The number of nitrogens with two attached hydrogens (primary N) is 1. The lowest BCUT2D eigenvalue weighted by Crippen LogP contribution is -2.30. The second kappa shape index (κ2) is 10.7. The van der Waals surface area contributed by atoms with Gasteiger partial charge in [0.15, 0.2) is 12.4 Å². The van der Waals surface area contributed by atoms with E-state index >= 15 is 0 Å². The molecule has 0 fully saturated rings. The van der Waals surface area contributed by atoms with Gasteiger partial charge in [0.25, 0.3) is 5.91 Å². The van der Waals surface area contributed by atoms with Gasteiger partial charge >= 0.3 is 0 Å². The van der Waals surface area contributed by atoms with Gasteiger partial charge in [-0.15, -0.1) is 0 Å². The number of phenolic OH excluding ortho intramolecular Hbond substituents is 1. The van der Waals surface area contributed by atoms with Gasteiger partial charge in [-0.1, -0.05) is 43.5 Å². The summed E-state index contributed by atoms with van der Waals surface area (Å²) in [7, 11) is 0. The maximum absolute atomic E-state index is 11.9. The van der Waals surface area contributed by atoms with Gasteiger partial charge in [-0.2, -0.15) is 0 Å². The molecule has 0 spiro atoms. The van der Waals surface area contributed by atoms with E-state index in [1.165, 1.54) is 12.1 Å². The smallest absolute Gasteiger partial charge is 0.258 e. The quantitative estimate of drug-likeness (QED) is 0.279. The van der Waals surface area contributed by atoms with Crippen LogP contribution in [0.3, 0.4) is 0 Å². The van der Waals surface area contributed by atoms with E-state index in [9.17, 15) is 9.90 Å². The summed E-state index contributed by atoms with van der Waals surface area (Å²) in [5, 5.41) is 21.4. The van der Waals surface area contributed by atoms with Crippen molar-refractivity contribution in [1.82, 2.24) is 5.32 Å². The molecule has 0 aromatic heterocycles. The summed E-state index contributed by atoms with van der Waals surface area (Å²) < 4.78 is 5.48. The summed E-state index contributed by atoms with van der Waals surface area (Å²) >= 11 is 0. The molecule has 7 heteroatoms. The maximum Gasteiger partial charge on any atom is 0.258 e. The second-order valence-electron chi connectivity index (χ2n) is 6.11. The molecule has 0 heterocycles. The second-order valence-corrected chi connectivity index (χ2v) is 6.11. The van der Waals surface area contributed by atoms with Crippen molar-refractivity contribution in [2.75, 3.05) is 13.2 Å². The van der Waals surface area contributed by atoms with Crippen molar-refractivity contribution in [1.29, 1.82) is 0 Å². The molecular formula is C22H24N2O5. The number of rotatable bonds is 10. The Balaban J connectivity index is 1.93. The lowest BCUT2D eigenvalue weighted by molar-refractivity contribution is -0.137. The fourth-order valence-corrected chi connectivity index (χ4v) is 2.55. The number of amides is 1. The Kier molecular flexibility index (Phi) is 8.02. The number of ether oxygens (including phenoxy) is 1. The zero-order chi connectivity index (χ0) is 21.2. The van der Waals surface area contributed by atoms with E-state index in [0.29, 0.717) is 17.9 Å².